The molecule has 1 fully saturated rings. The first kappa shape index (κ1) is 15.0. The molecular weight excluding hydrogens is 255 g/mol. The van der Waals surface area contributed by atoms with Crippen LogP contribution in [0.3, 0.4) is 0 Å². The quantitative estimate of drug-likeness (QED) is 0.918. The maximum atomic E-state index is 13.5. The first-order chi connectivity index (χ1) is 9.61. The maximum absolute atomic E-state index is 13.5. The molecule has 3 nitrogen and oxygen atoms in total. The van der Waals surface area contributed by atoms with Gasteiger partial charge in [0.2, 0.25) is 0 Å². The Hall–Kier alpha value is -1.42. The van der Waals surface area contributed by atoms with E-state index >= 15 is 0 Å². The van der Waals surface area contributed by atoms with Gasteiger partial charge < -0.3 is 10.2 Å². The molecule has 4 heteroatoms. The number of piperidine rings is 1. The molecule has 2 rings (SSSR count). The van der Waals surface area contributed by atoms with Crippen LogP contribution >= 0.6 is 0 Å². The molecule has 1 saturated heterocycles. The van der Waals surface area contributed by atoms with Gasteiger partial charge in [-0.2, -0.15) is 0 Å². The number of amides is 1. The number of likely N-dealkylation sites (tertiary alicyclic amines) is 1. The zero-order chi connectivity index (χ0) is 14.5. The molecule has 1 heterocycles. The van der Waals surface area contributed by atoms with Crippen molar-refractivity contribution in [2.24, 2.45) is 5.92 Å². The number of halogens is 1. The van der Waals surface area contributed by atoms with Crippen LogP contribution in [0.4, 0.5) is 4.39 Å². The first-order valence-electron chi connectivity index (χ1n) is 7.32. The fraction of sp³-hybridized carbons (Fsp3) is 0.562. The predicted molar refractivity (Wildman–Crippen MR) is 78.3 cm³/mol. The van der Waals surface area contributed by atoms with Crippen molar-refractivity contribution in [2.45, 2.75) is 26.2 Å². The van der Waals surface area contributed by atoms with Gasteiger partial charge in [-0.25, -0.2) is 4.39 Å². The summed E-state index contributed by atoms with van der Waals surface area (Å²) in [5, 5.41) is 3.16. The Balaban J connectivity index is 1.92. The van der Waals surface area contributed by atoms with Gasteiger partial charge in [-0.15, -0.1) is 0 Å². The second-order valence-corrected chi connectivity index (χ2v) is 5.59. The molecule has 1 N–H and O–H groups in total. The SMILES string of the molecule is CNCCC1CCN(C(=O)c2ccc(C)c(F)c2)CC1. The van der Waals surface area contributed by atoms with Crippen LogP contribution in [-0.4, -0.2) is 37.5 Å². The summed E-state index contributed by atoms with van der Waals surface area (Å²) in [5.74, 6) is 0.344. The maximum Gasteiger partial charge on any atom is 0.253 e. The van der Waals surface area contributed by atoms with Crippen molar-refractivity contribution < 1.29 is 9.18 Å². The van der Waals surface area contributed by atoms with Crippen molar-refractivity contribution in [3.8, 4) is 0 Å². The zero-order valence-corrected chi connectivity index (χ0v) is 12.3. The largest absolute Gasteiger partial charge is 0.339 e. The molecule has 20 heavy (non-hydrogen) atoms. The number of carbonyl (C=O) groups is 1. The predicted octanol–water partition coefficient (Wildman–Crippen LogP) is 2.60. The summed E-state index contributed by atoms with van der Waals surface area (Å²) in [6.45, 7) is 4.30. The first-order valence-corrected chi connectivity index (χ1v) is 7.32. The Morgan fingerprint density at radius 2 is 2.10 bits per heavy atom. The highest BCUT2D eigenvalue weighted by Crippen LogP contribution is 2.22. The fourth-order valence-electron chi connectivity index (χ4n) is 2.68. The van der Waals surface area contributed by atoms with Crippen molar-refractivity contribution in [2.75, 3.05) is 26.7 Å². The number of rotatable bonds is 4. The second kappa shape index (κ2) is 6.84. The Labute approximate surface area is 120 Å². The van der Waals surface area contributed by atoms with E-state index in [1.807, 2.05) is 11.9 Å². The van der Waals surface area contributed by atoms with Crippen LogP contribution < -0.4 is 5.32 Å². The van der Waals surface area contributed by atoms with Gasteiger partial charge in [-0.3, -0.25) is 4.79 Å². The monoisotopic (exact) mass is 278 g/mol. The summed E-state index contributed by atoms with van der Waals surface area (Å²) in [5.41, 5.74) is 1.04. The second-order valence-electron chi connectivity index (χ2n) is 5.59. The van der Waals surface area contributed by atoms with E-state index in [4.69, 9.17) is 0 Å². The van der Waals surface area contributed by atoms with Crippen LogP contribution in [0.25, 0.3) is 0 Å². The molecule has 1 aliphatic rings. The number of nitrogens with one attached hydrogen (secondary N) is 1. The summed E-state index contributed by atoms with van der Waals surface area (Å²) in [6.07, 6.45) is 3.25. The molecule has 1 aromatic carbocycles. The van der Waals surface area contributed by atoms with Gasteiger partial charge in [0.1, 0.15) is 5.82 Å². The third-order valence-electron chi connectivity index (χ3n) is 4.12. The summed E-state index contributed by atoms with van der Waals surface area (Å²) in [7, 11) is 1.96. The highest BCUT2D eigenvalue weighted by atomic mass is 19.1. The van der Waals surface area contributed by atoms with Crippen LogP contribution in [0.2, 0.25) is 0 Å². The minimum atomic E-state index is -0.306. The highest BCUT2D eigenvalue weighted by Gasteiger charge is 2.23. The molecule has 0 spiro atoms. The van der Waals surface area contributed by atoms with Gasteiger partial charge in [0.05, 0.1) is 0 Å². The molecular formula is C16H23FN2O. The Morgan fingerprint density at radius 1 is 1.40 bits per heavy atom. The molecule has 0 saturated carbocycles. The van der Waals surface area contributed by atoms with E-state index in [0.29, 0.717) is 17.0 Å². The van der Waals surface area contributed by atoms with Gasteiger partial charge in [0, 0.05) is 18.7 Å². The van der Waals surface area contributed by atoms with E-state index in [1.54, 1.807) is 19.1 Å². The van der Waals surface area contributed by atoms with Gasteiger partial charge in [-0.05, 0) is 63.4 Å². The number of nitrogens with zero attached hydrogens (tertiary/aromatic N) is 1. The third kappa shape index (κ3) is 3.57. The van der Waals surface area contributed by atoms with E-state index in [9.17, 15) is 9.18 Å². The molecule has 1 amide bonds. The Kier molecular flexibility index (Phi) is 5.12. The lowest BCUT2D eigenvalue weighted by Crippen LogP contribution is -2.39. The van der Waals surface area contributed by atoms with E-state index in [0.717, 1.165) is 38.9 Å². The fourth-order valence-corrected chi connectivity index (χ4v) is 2.68. The Bertz CT molecular complexity index is 468. The minimum absolute atomic E-state index is 0.0454. The summed E-state index contributed by atoms with van der Waals surface area (Å²) in [6, 6.07) is 4.74. The van der Waals surface area contributed by atoms with E-state index < -0.39 is 0 Å². The van der Waals surface area contributed by atoms with Gasteiger partial charge in [-0.1, -0.05) is 6.07 Å². The van der Waals surface area contributed by atoms with Gasteiger partial charge in [0.25, 0.3) is 5.91 Å². The molecule has 0 bridgehead atoms. The van der Waals surface area contributed by atoms with Crippen molar-refractivity contribution in [1.82, 2.24) is 10.2 Å². The van der Waals surface area contributed by atoms with Crippen LogP contribution in [0.5, 0.6) is 0 Å². The summed E-state index contributed by atoms with van der Waals surface area (Å²) in [4.78, 5) is 14.2. The summed E-state index contributed by atoms with van der Waals surface area (Å²) >= 11 is 0. The van der Waals surface area contributed by atoms with Crippen LogP contribution in [0.15, 0.2) is 18.2 Å². The molecule has 0 radical (unpaired) electrons. The molecule has 1 aliphatic heterocycles. The molecule has 110 valence electrons. The normalized spacial score (nSPS) is 16.4. The van der Waals surface area contributed by atoms with Crippen molar-refractivity contribution >= 4 is 5.91 Å². The molecule has 1 aromatic rings. The molecule has 0 aliphatic carbocycles. The number of carbonyl (C=O) groups excluding carboxylic acids is 1. The van der Waals surface area contributed by atoms with E-state index in [-0.39, 0.29) is 11.7 Å². The van der Waals surface area contributed by atoms with Crippen molar-refractivity contribution in [3.63, 3.8) is 0 Å². The number of benzene rings is 1. The van der Waals surface area contributed by atoms with E-state index in [2.05, 4.69) is 5.32 Å². The van der Waals surface area contributed by atoms with E-state index in [1.165, 1.54) is 6.07 Å². The van der Waals surface area contributed by atoms with Gasteiger partial charge in [0.15, 0.2) is 0 Å². The number of hydrogen-bond donors (Lipinski definition) is 1. The summed E-state index contributed by atoms with van der Waals surface area (Å²) < 4.78 is 13.5. The average molecular weight is 278 g/mol. The highest BCUT2D eigenvalue weighted by molar-refractivity contribution is 5.94. The average Bonchev–Trinajstić information content (AvgIpc) is 2.48. The van der Waals surface area contributed by atoms with Crippen LogP contribution in [-0.2, 0) is 0 Å². The molecule has 0 unspecified atom stereocenters. The molecule has 0 atom stereocenters. The van der Waals surface area contributed by atoms with Gasteiger partial charge >= 0.3 is 0 Å². The smallest absolute Gasteiger partial charge is 0.253 e. The third-order valence-corrected chi connectivity index (χ3v) is 4.12. The Morgan fingerprint density at radius 3 is 2.70 bits per heavy atom. The standard InChI is InChI=1S/C16H23FN2O/c1-12-3-4-14(11-15(12)17)16(20)19-9-6-13(7-10-19)5-8-18-2/h3-4,11,13,18H,5-10H2,1-2H3. The van der Waals surface area contributed by atoms with Crippen LogP contribution in [0, 0.1) is 18.7 Å². The van der Waals surface area contributed by atoms with Crippen molar-refractivity contribution in [3.05, 3.63) is 35.1 Å². The zero-order valence-electron chi connectivity index (χ0n) is 12.3. The van der Waals surface area contributed by atoms with Crippen molar-refractivity contribution in [1.29, 1.82) is 0 Å². The minimum Gasteiger partial charge on any atom is -0.339 e. The lowest BCUT2D eigenvalue weighted by atomic mass is 9.93. The van der Waals surface area contributed by atoms with Crippen LogP contribution in [0.1, 0.15) is 35.2 Å². The molecule has 0 aromatic heterocycles. The number of hydrogen-bond acceptors (Lipinski definition) is 2. The number of aryl methyl sites for hydroxylation is 1. The lowest BCUT2D eigenvalue weighted by Gasteiger charge is -2.32. The lowest BCUT2D eigenvalue weighted by molar-refractivity contribution is 0.0686. The topological polar surface area (TPSA) is 32.3 Å².